The van der Waals surface area contributed by atoms with Crippen molar-refractivity contribution in [1.82, 2.24) is 10.2 Å². The second kappa shape index (κ2) is 6.33. The summed E-state index contributed by atoms with van der Waals surface area (Å²) in [5.74, 6) is -0.238. The zero-order valence-corrected chi connectivity index (χ0v) is 10.8. The van der Waals surface area contributed by atoms with Crippen molar-refractivity contribution >= 4 is 11.8 Å². The lowest BCUT2D eigenvalue weighted by atomic mass is 10.0. The number of nitrogens with one attached hydrogen (secondary N) is 1. The SMILES string of the molecule is NC(=O)CCN(Cc1ccccc1)C(=O)C1CNC1. The summed E-state index contributed by atoms with van der Waals surface area (Å²) in [5.41, 5.74) is 6.23. The van der Waals surface area contributed by atoms with Gasteiger partial charge in [-0.2, -0.15) is 0 Å². The smallest absolute Gasteiger partial charge is 0.228 e. The van der Waals surface area contributed by atoms with Crippen LogP contribution in [0, 0.1) is 5.92 Å². The van der Waals surface area contributed by atoms with Gasteiger partial charge in [0, 0.05) is 32.6 Å². The average molecular weight is 261 g/mol. The predicted molar refractivity (Wildman–Crippen MR) is 72.0 cm³/mol. The molecule has 0 aromatic heterocycles. The normalized spacial score (nSPS) is 14.7. The average Bonchev–Trinajstić information content (AvgIpc) is 2.33. The summed E-state index contributed by atoms with van der Waals surface area (Å²) in [5, 5.41) is 3.09. The lowest BCUT2D eigenvalue weighted by Crippen LogP contribution is -2.52. The van der Waals surface area contributed by atoms with Gasteiger partial charge in [0.25, 0.3) is 0 Å². The number of hydrogen-bond acceptors (Lipinski definition) is 3. The molecule has 1 aromatic rings. The highest BCUT2D eigenvalue weighted by Crippen LogP contribution is 2.12. The van der Waals surface area contributed by atoms with Gasteiger partial charge in [0.05, 0.1) is 5.92 Å². The number of nitrogens with two attached hydrogens (primary N) is 1. The monoisotopic (exact) mass is 261 g/mol. The third kappa shape index (κ3) is 3.79. The molecule has 0 radical (unpaired) electrons. The van der Waals surface area contributed by atoms with E-state index in [0.29, 0.717) is 13.1 Å². The van der Waals surface area contributed by atoms with E-state index in [1.165, 1.54) is 0 Å². The zero-order valence-electron chi connectivity index (χ0n) is 10.8. The maximum Gasteiger partial charge on any atom is 0.228 e. The minimum absolute atomic E-state index is 0.0385. The summed E-state index contributed by atoms with van der Waals surface area (Å²) in [6.45, 7) is 2.37. The van der Waals surface area contributed by atoms with Crippen LogP contribution in [-0.4, -0.2) is 36.3 Å². The van der Waals surface area contributed by atoms with Gasteiger partial charge in [-0.05, 0) is 5.56 Å². The summed E-state index contributed by atoms with van der Waals surface area (Å²) in [7, 11) is 0. The highest BCUT2D eigenvalue weighted by Gasteiger charge is 2.29. The molecule has 1 aromatic carbocycles. The molecule has 0 spiro atoms. The zero-order chi connectivity index (χ0) is 13.7. The Morgan fingerprint density at radius 3 is 2.47 bits per heavy atom. The third-order valence-corrected chi connectivity index (χ3v) is 3.29. The quantitative estimate of drug-likeness (QED) is 0.763. The minimum atomic E-state index is -0.377. The lowest BCUT2D eigenvalue weighted by Gasteiger charge is -2.32. The van der Waals surface area contributed by atoms with Gasteiger partial charge in [-0.3, -0.25) is 9.59 Å². The van der Waals surface area contributed by atoms with E-state index < -0.39 is 0 Å². The van der Waals surface area contributed by atoms with E-state index in [1.807, 2.05) is 30.3 Å². The van der Waals surface area contributed by atoms with Crippen LogP contribution in [0.4, 0.5) is 0 Å². The fourth-order valence-corrected chi connectivity index (χ4v) is 2.04. The predicted octanol–water partition coefficient (Wildman–Crippen LogP) is 0.110. The van der Waals surface area contributed by atoms with Crippen LogP contribution < -0.4 is 11.1 Å². The molecule has 2 amide bonds. The highest BCUT2D eigenvalue weighted by molar-refractivity contribution is 5.81. The molecule has 0 bridgehead atoms. The van der Waals surface area contributed by atoms with Gasteiger partial charge >= 0.3 is 0 Å². The van der Waals surface area contributed by atoms with Gasteiger partial charge in [0.2, 0.25) is 11.8 Å². The van der Waals surface area contributed by atoms with Gasteiger partial charge in [0.15, 0.2) is 0 Å². The molecule has 1 aliphatic rings. The van der Waals surface area contributed by atoms with Crippen LogP contribution in [0.1, 0.15) is 12.0 Å². The van der Waals surface area contributed by atoms with E-state index in [0.717, 1.165) is 18.7 Å². The molecule has 2 rings (SSSR count). The second-order valence-electron chi connectivity index (χ2n) is 4.82. The highest BCUT2D eigenvalue weighted by atomic mass is 16.2. The van der Waals surface area contributed by atoms with Gasteiger partial charge in [-0.15, -0.1) is 0 Å². The number of rotatable bonds is 6. The molecule has 1 fully saturated rings. The first kappa shape index (κ1) is 13.5. The van der Waals surface area contributed by atoms with E-state index in [4.69, 9.17) is 5.73 Å². The standard InChI is InChI=1S/C14H19N3O2/c15-13(18)6-7-17(14(19)12-8-16-9-12)10-11-4-2-1-3-5-11/h1-5,12,16H,6-10H2,(H2,15,18). The van der Waals surface area contributed by atoms with Crippen molar-refractivity contribution in [3.8, 4) is 0 Å². The first-order valence-corrected chi connectivity index (χ1v) is 6.48. The van der Waals surface area contributed by atoms with Crippen molar-refractivity contribution in [3.63, 3.8) is 0 Å². The first-order chi connectivity index (χ1) is 9.16. The molecule has 0 saturated carbocycles. The molecule has 5 heteroatoms. The van der Waals surface area contributed by atoms with Crippen LogP contribution >= 0.6 is 0 Å². The van der Waals surface area contributed by atoms with E-state index in [1.54, 1.807) is 4.90 Å². The Bertz CT molecular complexity index is 443. The molecule has 0 aliphatic carbocycles. The Kier molecular flexibility index (Phi) is 4.52. The molecular weight excluding hydrogens is 242 g/mol. The van der Waals surface area contributed by atoms with Gasteiger partial charge in [0.1, 0.15) is 0 Å². The van der Waals surface area contributed by atoms with Crippen molar-refractivity contribution < 1.29 is 9.59 Å². The summed E-state index contributed by atoms with van der Waals surface area (Å²) in [4.78, 5) is 24.9. The maximum absolute atomic E-state index is 12.3. The molecule has 1 heterocycles. The van der Waals surface area contributed by atoms with E-state index in [9.17, 15) is 9.59 Å². The fraction of sp³-hybridized carbons (Fsp3) is 0.429. The molecule has 0 atom stereocenters. The van der Waals surface area contributed by atoms with Crippen LogP contribution in [0.5, 0.6) is 0 Å². The third-order valence-electron chi connectivity index (χ3n) is 3.29. The molecule has 5 nitrogen and oxygen atoms in total. The number of carbonyl (C=O) groups is 2. The Morgan fingerprint density at radius 1 is 1.26 bits per heavy atom. The number of carbonyl (C=O) groups excluding carboxylic acids is 2. The van der Waals surface area contributed by atoms with Crippen molar-refractivity contribution in [2.75, 3.05) is 19.6 Å². The molecule has 19 heavy (non-hydrogen) atoms. The van der Waals surface area contributed by atoms with Crippen LogP contribution in [-0.2, 0) is 16.1 Å². The van der Waals surface area contributed by atoms with E-state index in [2.05, 4.69) is 5.32 Å². The fourth-order valence-electron chi connectivity index (χ4n) is 2.04. The summed E-state index contributed by atoms with van der Waals surface area (Å²) in [6.07, 6.45) is 0.207. The van der Waals surface area contributed by atoms with E-state index in [-0.39, 0.29) is 24.2 Å². The summed E-state index contributed by atoms with van der Waals surface area (Å²) >= 11 is 0. The number of hydrogen-bond donors (Lipinski definition) is 2. The number of amides is 2. The van der Waals surface area contributed by atoms with Crippen LogP contribution in [0.2, 0.25) is 0 Å². The maximum atomic E-state index is 12.3. The van der Waals surface area contributed by atoms with Crippen molar-refractivity contribution in [3.05, 3.63) is 35.9 Å². The van der Waals surface area contributed by atoms with Crippen molar-refractivity contribution in [2.45, 2.75) is 13.0 Å². The Hall–Kier alpha value is -1.88. The number of benzene rings is 1. The molecule has 102 valence electrons. The first-order valence-electron chi connectivity index (χ1n) is 6.48. The van der Waals surface area contributed by atoms with Gasteiger partial charge < -0.3 is 16.0 Å². The van der Waals surface area contributed by atoms with Gasteiger partial charge in [-0.1, -0.05) is 30.3 Å². The molecule has 1 saturated heterocycles. The molecule has 1 aliphatic heterocycles. The second-order valence-corrected chi connectivity index (χ2v) is 4.82. The molecule has 0 unspecified atom stereocenters. The summed E-state index contributed by atoms with van der Waals surface area (Å²) < 4.78 is 0. The number of nitrogens with zero attached hydrogens (tertiary/aromatic N) is 1. The van der Waals surface area contributed by atoms with Crippen LogP contribution in [0.25, 0.3) is 0 Å². The Labute approximate surface area is 112 Å². The minimum Gasteiger partial charge on any atom is -0.370 e. The largest absolute Gasteiger partial charge is 0.370 e. The van der Waals surface area contributed by atoms with Gasteiger partial charge in [-0.25, -0.2) is 0 Å². The molecule has 3 N–H and O–H groups in total. The molecular formula is C14H19N3O2. The van der Waals surface area contributed by atoms with Crippen LogP contribution in [0.3, 0.4) is 0 Å². The van der Waals surface area contributed by atoms with E-state index >= 15 is 0 Å². The lowest BCUT2D eigenvalue weighted by molar-refractivity contribution is -0.138. The number of primary amides is 1. The van der Waals surface area contributed by atoms with Crippen LogP contribution in [0.15, 0.2) is 30.3 Å². The topological polar surface area (TPSA) is 75.4 Å². The Morgan fingerprint density at radius 2 is 1.95 bits per heavy atom. The summed E-state index contributed by atoms with van der Waals surface area (Å²) in [6, 6.07) is 9.77. The van der Waals surface area contributed by atoms with Crippen molar-refractivity contribution in [2.24, 2.45) is 11.7 Å². The Balaban J connectivity index is 2.00. The van der Waals surface area contributed by atoms with Crippen molar-refractivity contribution in [1.29, 1.82) is 0 Å².